The number of para-hydroxylation sites is 2. The molecule has 8 aromatic rings. The molecule has 0 aliphatic heterocycles. The summed E-state index contributed by atoms with van der Waals surface area (Å²) in [5.41, 5.74) is 2.12. The van der Waals surface area contributed by atoms with Gasteiger partial charge in [-0.3, -0.25) is 0 Å². The summed E-state index contributed by atoms with van der Waals surface area (Å²) in [5, 5.41) is 1.48. The molecule has 0 N–H and O–H groups in total. The van der Waals surface area contributed by atoms with Gasteiger partial charge in [-0.1, -0.05) is 127 Å². The van der Waals surface area contributed by atoms with Crippen molar-refractivity contribution in [2.24, 2.45) is 0 Å². The van der Waals surface area contributed by atoms with Crippen LogP contribution in [0.25, 0.3) is 54.3 Å². The predicted octanol–water partition coefficient (Wildman–Crippen LogP) is 10.2. The van der Waals surface area contributed by atoms with Gasteiger partial charge in [0.2, 0.25) is 0 Å². The second-order valence-electron chi connectivity index (χ2n) is 9.41. The number of fused-ring (bicyclic) bond motifs is 6. The maximum absolute atomic E-state index is 9.18. The normalized spacial score (nSPS) is 16.8. The smallest absolute Gasteiger partial charge is 0.138 e. The van der Waals surface area contributed by atoms with E-state index < -0.39 is 84.6 Å². The number of hydrogen-bond acceptors (Lipinski definition) is 1. The summed E-state index contributed by atoms with van der Waals surface area (Å²) >= 11 is 0. The molecule has 7 aromatic carbocycles. The van der Waals surface area contributed by atoms with Crippen molar-refractivity contribution in [1.29, 1.82) is 0 Å². The number of benzene rings is 7. The third-order valence-corrected chi connectivity index (χ3v) is 7.19. The lowest BCUT2D eigenvalue weighted by molar-refractivity contribution is 0.664. The molecule has 0 unspecified atom stereocenters. The molecule has 0 radical (unpaired) electrons. The molecule has 0 bridgehead atoms. The first-order chi connectivity index (χ1) is 25.1. The maximum atomic E-state index is 9.18. The monoisotopic (exact) mass is 512 g/mol. The van der Waals surface area contributed by atoms with E-state index in [-0.39, 0.29) is 61.8 Å². The number of hydrogen-bond donors (Lipinski definition) is 0. The summed E-state index contributed by atoms with van der Waals surface area (Å²) in [5.74, 6) is 0. The number of rotatable bonds is 4. The van der Waals surface area contributed by atoms with Crippen LogP contribution in [-0.2, 0) is 12.8 Å². The third-order valence-electron chi connectivity index (χ3n) is 7.19. The first kappa shape index (κ1) is 12.3. The molecule has 1 aromatic heterocycles. The predicted molar refractivity (Wildman–Crippen MR) is 165 cm³/mol. The Kier molecular flexibility index (Phi) is 2.80. The Morgan fingerprint density at radius 2 is 1.13 bits per heavy atom. The van der Waals surface area contributed by atoms with Crippen molar-refractivity contribution >= 4 is 54.3 Å². The fraction of sp³-hybridized carbons (Fsp3) is 0.0526. The fourth-order valence-electron chi connectivity index (χ4n) is 5.44. The van der Waals surface area contributed by atoms with E-state index >= 15 is 0 Å². The Labute approximate surface area is 246 Å². The summed E-state index contributed by atoms with van der Waals surface area (Å²) in [7, 11) is 0. The minimum Gasteiger partial charge on any atom is -0.456 e. The van der Waals surface area contributed by atoms with Gasteiger partial charge in [-0.25, -0.2) is 0 Å². The summed E-state index contributed by atoms with van der Waals surface area (Å²) in [4.78, 5) is 0. The van der Waals surface area contributed by atoms with Crippen LogP contribution >= 0.6 is 0 Å². The zero-order valence-electron chi connectivity index (χ0n) is 34.4. The molecule has 0 atom stereocenters. The first-order valence-corrected chi connectivity index (χ1v) is 12.5. The topological polar surface area (TPSA) is 13.1 Å². The van der Waals surface area contributed by atoms with Crippen molar-refractivity contribution in [3.05, 3.63) is 155 Å². The van der Waals surface area contributed by atoms with Crippen molar-refractivity contribution in [3.63, 3.8) is 0 Å². The summed E-state index contributed by atoms with van der Waals surface area (Å²) in [6.45, 7) is 0. The van der Waals surface area contributed by atoms with E-state index in [0.29, 0.717) is 16.7 Å². The molecule has 0 aliphatic rings. The van der Waals surface area contributed by atoms with Gasteiger partial charge >= 0.3 is 0 Å². The molecular formula is C38H26O. The van der Waals surface area contributed by atoms with Gasteiger partial charge in [0.15, 0.2) is 0 Å². The van der Waals surface area contributed by atoms with Gasteiger partial charge in [0.1, 0.15) is 11.2 Å². The van der Waals surface area contributed by atoms with E-state index in [1.54, 1.807) is 6.07 Å². The van der Waals surface area contributed by atoms with Crippen LogP contribution in [0.2, 0.25) is 0 Å². The van der Waals surface area contributed by atoms with Crippen LogP contribution in [0, 0.1) is 0 Å². The fourth-order valence-corrected chi connectivity index (χ4v) is 5.44. The average molecular weight is 513 g/mol. The summed E-state index contributed by atoms with van der Waals surface area (Å²) in [6, 6.07) is 7.43. The molecule has 0 aliphatic carbocycles. The van der Waals surface area contributed by atoms with Crippen molar-refractivity contribution in [3.8, 4) is 0 Å². The zero-order valence-corrected chi connectivity index (χ0v) is 20.4. The van der Waals surface area contributed by atoms with Gasteiger partial charge < -0.3 is 4.42 Å². The largest absolute Gasteiger partial charge is 0.456 e. The van der Waals surface area contributed by atoms with Crippen LogP contribution in [0.3, 0.4) is 0 Å². The van der Waals surface area contributed by atoms with Gasteiger partial charge in [0.05, 0.1) is 19.2 Å². The highest BCUT2D eigenvalue weighted by atomic mass is 16.3. The molecule has 184 valence electrons. The maximum Gasteiger partial charge on any atom is 0.138 e. The van der Waals surface area contributed by atoms with Gasteiger partial charge in [-0.15, -0.1) is 0 Å². The Hall–Kier alpha value is -4.88. The molecule has 1 heterocycles. The van der Waals surface area contributed by atoms with Gasteiger partial charge in [-0.2, -0.15) is 0 Å². The number of furan rings is 1. The van der Waals surface area contributed by atoms with Crippen LogP contribution in [0.1, 0.15) is 41.4 Å². The van der Waals surface area contributed by atoms with E-state index in [9.17, 15) is 2.74 Å². The molecule has 1 heteroatoms. The molecule has 0 amide bonds. The lowest BCUT2D eigenvalue weighted by Gasteiger charge is -2.17. The highest BCUT2D eigenvalue weighted by molar-refractivity contribution is 6.08. The Morgan fingerprint density at radius 1 is 0.513 bits per heavy atom. The van der Waals surface area contributed by atoms with Crippen molar-refractivity contribution in [1.82, 2.24) is 0 Å². The van der Waals surface area contributed by atoms with Crippen LogP contribution < -0.4 is 0 Å². The quantitative estimate of drug-likeness (QED) is 0.214. The molecule has 1 nitrogen and oxygen atoms in total. The molecule has 39 heavy (non-hydrogen) atoms. The summed E-state index contributed by atoms with van der Waals surface area (Å²) < 4.78 is 129. The van der Waals surface area contributed by atoms with Gasteiger partial charge in [0, 0.05) is 17.2 Å². The van der Waals surface area contributed by atoms with E-state index in [2.05, 4.69) is 0 Å². The van der Waals surface area contributed by atoms with Gasteiger partial charge in [-0.05, 0) is 67.1 Å². The Balaban J connectivity index is 1.52. The van der Waals surface area contributed by atoms with Crippen LogP contribution in [0.5, 0.6) is 0 Å². The molecule has 0 spiro atoms. The average Bonchev–Trinajstić information content (AvgIpc) is 3.54. The molecule has 0 fully saturated rings. The van der Waals surface area contributed by atoms with E-state index in [0.717, 1.165) is 10.8 Å². The summed E-state index contributed by atoms with van der Waals surface area (Å²) in [6.07, 6.45) is -0.401. The van der Waals surface area contributed by atoms with Crippen LogP contribution in [-0.4, -0.2) is 0 Å². The lowest BCUT2D eigenvalue weighted by Crippen LogP contribution is -1.98. The first-order valence-electron chi connectivity index (χ1n) is 19.5. The Bertz CT molecular complexity index is 2870. The molecule has 8 rings (SSSR count). The van der Waals surface area contributed by atoms with Crippen molar-refractivity contribution in [2.75, 3.05) is 0 Å². The zero-order chi connectivity index (χ0) is 37.9. The SMILES string of the molecule is [2H]c1c([2H])c([2H])c2c([2H])c([2H])c(Cc3c4c([2H])c([2H])c([2H])c([2H])c4c(Cc4cccc5c4oc4ccccc45)c4c([2H])c([2H])c([2H])c([2H])c34)cc2c1[2H]. The molecule has 0 saturated heterocycles. The second kappa shape index (κ2) is 8.85. The lowest BCUT2D eigenvalue weighted by atomic mass is 9.86. The highest BCUT2D eigenvalue weighted by Gasteiger charge is 2.17. The van der Waals surface area contributed by atoms with Crippen molar-refractivity contribution in [2.45, 2.75) is 12.8 Å². The second-order valence-corrected chi connectivity index (χ2v) is 9.41. The van der Waals surface area contributed by atoms with Crippen LogP contribution in [0.4, 0.5) is 0 Å². The van der Waals surface area contributed by atoms with E-state index in [1.807, 2.05) is 36.4 Å². The molecule has 0 saturated carbocycles. The van der Waals surface area contributed by atoms with Gasteiger partial charge in [0.25, 0.3) is 0 Å². The van der Waals surface area contributed by atoms with Crippen LogP contribution in [0.15, 0.2) is 138 Å². The highest BCUT2D eigenvalue weighted by Crippen LogP contribution is 2.38. The standard InChI is InChI=1S/C38H26O/c1-2-11-27-22-25(20-21-26(27)10-1)23-35-29-13-3-5-15-31(29)36(32-16-6-4-14-30(32)35)24-28-12-9-18-34-33-17-7-8-19-37(33)39-38(28)34/h1-22H,23-24H2/i1D,2D,3D,4D,5D,6D,10D,11D,13D,14D,15D,16D,20D,21D. The minimum atomic E-state index is -0.575. The third kappa shape index (κ3) is 3.62. The minimum absolute atomic E-state index is 0.0250. The van der Waals surface area contributed by atoms with E-state index in [1.165, 1.54) is 6.07 Å². The molecular weight excluding hydrogens is 472 g/mol. The van der Waals surface area contributed by atoms with E-state index in [4.69, 9.17) is 20.9 Å². The van der Waals surface area contributed by atoms with Crippen molar-refractivity contribution < 1.29 is 23.6 Å². The Morgan fingerprint density at radius 3 is 1.87 bits per heavy atom.